The molecule has 0 fully saturated rings. The number of unbranched alkanes of at least 4 members (excludes halogenated alkanes) is 1. The van der Waals surface area contributed by atoms with E-state index in [9.17, 15) is 19.2 Å². The molecule has 8 nitrogen and oxygen atoms in total. The van der Waals surface area contributed by atoms with Gasteiger partial charge in [0, 0.05) is 12.8 Å². The molecule has 2 unspecified atom stereocenters. The van der Waals surface area contributed by atoms with Crippen LogP contribution in [0.4, 0.5) is 0 Å². The van der Waals surface area contributed by atoms with E-state index in [1.54, 1.807) is 0 Å². The van der Waals surface area contributed by atoms with Crippen LogP contribution < -0.4 is 0 Å². The number of carbonyl (C=O) groups excluding carboxylic acids is 4. The lowest BCUT2D eigenvalue weighted by Crippen LogP contribution is -2.27. The predicted molar refractivity (Wildman–Crippen MR) is 101 cm³/mol. The van der Waals surface area contributed by atoms with Gasteiger partial charge in [-0.2, -0.15) is 0 Å². The maximum absolute atomic E-state index is 11.7. The minimum atomic E-state index is -0.964. The Morgan fingerprint density at radius 2 is 0.929 bits per heavy atom. The smallest absolute Gasteiger partial charge is 0.347 e. The van der Waals surface area contributed by atoms with E-state index in [2.05, 4.69) is 0 Å². The van der Waals surface area contributed by atoms with Crippen LogP contribution in [0, 0.1) is 11.8 Å². The van der Waals surface area contributed by atoms with Crippen LogP contribution in [0.25, 0.3) is 0 Å². The summed E-state index contributed by atoms with van der Waals surface area (Å²) in [5, 5.41) is 0. The van der Waals surface area contributed by atoms with E-state index in [1.807, 2.05) is 27.7 Å². The molecule has 0 aliphatic heterocycles. The summed E-state index contributed by atoms with van der Waals surface area (Å²) in [6.07, 6.45) is -0.994. The van der Waals surface area contributed by atoms with Gasteiger partial charge < -0.3 is 18.9 Å². The van der Waals surface area contributed by atoms with Crippen LogP contribution in [0.5, 0.6) is 0 Å². The molecule has 0 bridgehead atoms. The maximum Gasteiger partial charge on any atom is 0.347 e. The summed E-state index contributed by atoms with van der Waals surface area (Å²) >= 11 is 0. The largest absolute Gasteiger partial charge is 0.463 e. The first kappa shape index (κ1) is 25.9. The van der Waals surface area contributed by atoms with Gasteiger partial charge in [-0.1, -0.05) is 27.7 Å². The van der Waals surface area contributed by atoms with Crippen LogP contribution in [-0.2, 0) is 38.1 Å². The number of rotatable bonds is 13. The topological polar surface area (TPSA) is 105 Å². The molecule has 0 aromatic heterocycles. The zero-order valence-corrected chi connectivity index (χ0v) is 17.8. The third-order valence-corrected chi connectivity index (χ3v) is 3.41. The summed E-state index contributed by atoms with van der Waals surface area (Å²) in [6.45, 7) is 11.1. The molecule has 0 aliphatic carbocycles. The second-order valence-electron chi connectivity index (χ2n) is 7.52. The normalized spacial score (nSPS) is 13.0. The highest BCUT2D eigenvalue weighted by Gasteiger charge is 2.21. The van der Waals surface area contributed by atoms with Crippen LogP contribution in [0.2, 0.25) is 0 Å². The van der Waals surface area contributed by atoms with Crippen LogP contribution >= 0.6 is 0 Å². The minimum Gasteiger partial charge on any atom is -0.463 e. The lowest BCUT2D eigenvalue weighted by atomic mass is 10.2. The Balaban J connectivity index is 3.95. The second-order valence-corrected chi connectivity index (χ2v) is 7.52. The standard InChI is InChI=1S/C20H34O8/c1-13(2)11-25-19(23)15(5)27-17(21)9-7-8-10-18(22)28-16(6)20(24)26-12-14(3)4/h13-16H,7-12H2,1-6H3. The highest BCUT2D eigenvalue weighted by atomic mass is 16.6. The van der Waals surface area contributed by atoms with Gasteiger partial charge in [0.25, 0.3) is 0 Å². The highest BCUT2D eigenvalue weighted by molar-refractivity contribution is 5.79. The van der Waals surface area contributed by atoms with E-state index < -0.39 is 36.1 Å². The lowest BCUT2D eigenvalue weighted by Gasteiger charge is -2.14. The van der Waals surface area contributed by atoms with Crippen molar-refractivity contribution in [3.05, 3.63) is 0 Å². The molecule has 0 spiro atoms. The van der Waals surface area contributed by atoms with Crippen molar-refractivity contribution in [2.75, 3.05) is 13.2 Å². The van der Waals surface area contributed by atoms with Gasteiger partial charge in [0.15, 0.2) is 12.2 Å². The Morgan fingerprint density at radius 1 is 0.607 bits per heavy atom. The van der Waals surface area contributed by atoms with Gasteiger partial charge in [0.1, 0.15) is 0 Å². The average molecular weight is 402 g/mol. The van der Waals surface area contributed by atoms with E-state index in [0.717, 1.165) is 0 Å². The van der Waals surface area contributed by atoms with Crippen LogP contribution in [0.15, 0.2) is 0 Å². The molecule has 8 heteroatoms. The Hall–Kier alpha value is -2.12. The Kier molecular flexibility index (Phi) is 12.9. The molecular formula is C20H34O8. The molecule has 0 aromatic carbocycles. The monoisotopic (exact) mass is 402 g/mol. The molecule has 0 amide bonds. The first-order valence-electron chi connectivity index (χ1n) is 9.75. The summed E-state index contributed by atoms with van der Waals surface area (Å²) in [4.78, 5) is 46.7. The Morgan fingerprint density at radius 3 is 1.21 bits per heavy atom. The molecule has 2 atom stereocenters. The SMILES string of the molecule is CC(C)COC(=O)C(C)OC(=O)CCCCC(=O)OC(C)C(=O)OCC(C)C. The van der Waals surface area contributed by atoms with Crippen molar-refractivity contribution >= 4 is 23.9 Å². The maximum atomic E-state index is 11.7. The zero-order chi connectivity index (χ0) is 21.7. The zero-order valence-electron chi connectivity index (χ0n) is 17.8. The van der Waals surface area contributed by atoms with E-state index >= 15 is 0 Å². The van der Waals surface area contributed by atoms with Crippen molar-refractivity contribution in [2.45, 2.75) is 79.4 Å². The minimum absolute atomic E-state index is 0.0705. The van der Waals surface area contributed by atoms with E-state index in [4.69, 9.17) is 18.9 Å². The summed E-state index contributed by atoms with van der Waals surface area (Å²) in [5.41, 5.74) is 0. The van der Waals surface area contributed by atoms with Crippen molar-refractivity contribution in [1.29, 1.82) is 0 Å². The quantitative estimate of drug-likeness (QED) is 0.263. The van der Waals surface area contributed by atoms with Crippen molar-refractivity contribution in [2.24, 2.45) is 11.8 Å². The summed E-state index contributed by atoms with van der Waals surface area (Å²) < 4.78 is 20.0. The van der Waals surface area contributed by atoms with E-state index in [0.29, 0.717) is 12.8 Å². The van der Waals surface area contributed by atoms with Crippen molar-refractivity contribution < 1.29 is 38.1 Å². The van der Waals surface area contributed by atoms with Gasteiger partial charge in [-0.15, -0.1) is 0 Å². The predicted octanol–water partition coefficient (Wildman–Crippen LogP) is 2.81. The Bertz CT molecular complexity index is 466. The number of carbonyl (C=O) groups is 4. The fourth-order valence-electron chi connectivity index (χ4n) is 1.88. The van der Waals surface area contributed by atoms with Crippen molar-refractivity contribution in [3.63, 3.8) is 0 Å². The third-order valence-electron chi connectivity index (χ3n) is 3.41. The van der Waals surface area contributed by atoms with Gasteiger partial charge in [-0.3, -0.25) is 9.59 Å². The molecule has 162 valence electrons. The van der Waals surface area contributed by atoms with Crippen LogP contribution in [0.1, 0.15) is 67.2 Å². The van der Waals surface area contributed by atoms with Gasteiger partial charge in [-0.25, -0.2) is 9.59 Å². The van der Waals surface area contributed by atoms with Crippen LogP contribution in [0.3, 0.4) is 0 Å². The van der Waals surface area contributed by atoms with E-state index in [1.165, 1.54) is 13.8 Å². The average Bonchev–Trinajstić information content (AvgIpc) is 2.60. The molecule has 0 aliphatic rings. The molecule has 0 saturated heterocycles. The molecule has 0 heterocycles. The molecule has 0 rings (SSSR count). The van der Waals surface area contributed by atoms with Crippen molar-refractivity contribution in [1.82, 2.24) is 0 Å². The highest BCUT2D eigenvalue weighted by Crippen LogP contribution is 2.07. The third kappa shape index (κ3) is 13.1. The number of ether oxygens (including phenoxy) is 4. The first-order valence-corrected chi connectivity index (χ1v) is 9.75. The lowest BCUT2D eigenvalue weighted by molar-refractivity contribution is -0.167. The summed E-state index contributed by atoms with van der Waals surface area (Å²) in [5.74, 6) is -1.83. The molecule has 0 aromatic rings. The first-order chi connectivity index (χ1) is 13.0. The summed E-state index contributed by atoms with van der Waals surface area (Å²) in [6, 6.07) is 0. The Labute approximate surface area is 167 Å². The number of esters is 4. The van der Waals surface area contributed by atoms with Gasteiger partial charge in [0.05, 0.1) is 13.2 Å². The molecule has 0 N–H and O–H groups in total. The van der Waals surface area contributed by atoms with Gasteiger partial charge >= 0.3 is 23.9 Å². The molecule has 0 saturated carbocycles. The van der Waals surface area contributed by atoms with Crippen molar-refractivity contribution in [3.8, 4) is 0 Å². The second kappa shape index (κ2) is 14.0. The molecule has 28 heavy (non-hydrogen) atoms. The molecular weight excluding hydrogens is 368 g/mol. The van der Waals surface area contributed by atoms with Gasteiger partial charge in [0.2, 0.25) is 0 Å². The van der Waals surface area contributed by atoms with Crippen LogP contribution in [-0.4, -0.2) is 49.3 Å². The summed E-state index contributed by atoms with van der Waals surface area (Å²) in [7, 11) is 0. The number of hydrogen-bond acceptors (Lipinski definition) is 8. The van der Waals surface area contributed by atoms with Gasteiger partial charge in [-0.05, 0) is 38.5 Å². The fourth-order valence-corrected chi connectivity index (χ4v) is 1.88. The fraction of sp³-hybridized carbons (Fsp3) is 0.800. The molecule has 0 radical (unpaired) electrons. The van der Waals surface area contributed by atoms with E-state index in [-0.39, 0.29) is 37.9 Å². The number of hydrogen-bond donors (Lipinski definition) is 0.